The lowest BCUT2D eigenvalue weighted by molar-refractivity contribution is -0.378. The van der Waals surface area contributed by atoms with E-state index < -0.39 is 73.8 Å². The van der Waals surface area contributed by atoms with Crippen molar-refractivity contribution in [2.24, 2.45) is 0 Å². The lowest BCUT2D eigenvalue weighted by atomic mass is 9.80. The molecule has 0 aromatic rings. The Morgan fingerprint density at radius 3 is 2.00 bits per heavy atom. The summed E-state index contributed by atoms with van der Waals surface area (Å²) >= 11 is 0. The predicted molar refractivity (Wildman–Crippen MR) is 75.5 cm³/mol. The van der Waals surface area contributed by atoms with E-state index in [4.69, 9.17) is 9.47 Å². The zero-order valence-corrected chi connectivity index (χ0v) is 13.0. The number of hydrogen-bond acceptors (Lipinski definition) is 11. The molecule has 0 aromatic carbocycles. The smallest absolute Gasteiger partial charge is 0.215 e. The van der Waals surface area contributed by atoms with Crippen molar-refractivity contribution >= 4 is 0 Å². The number of rotatable bonds is 4. The molecule has 11 heteroatoms. The fraction of sp³-hybridized carbons (Fsp3) is 1.00. The maximum absolute atomic E-state index is 10.4. The van der Waals surface area contributed by atoms with Gasteiger partial charge in [-0.15, -0.1) is 0 Å². The van der Waals surface area contributed by atoms with Crippen LogP contribution in [-0.4, -0.2) is 122 Å². The van der Waals surface area contributed by atoms with Crippen molar-refractivity contribution < 1.29 is 50.3 Å². The maximum atomic E-state index is 10.4. The van der Waals surface area contributed by atoms with Crippen LogP contribution in [0.1, 0.15) is 0 Å². The second-order valence-corrected chi connectivity index (χ2v) is 6.10. The fourth-order valence-electron chi connectivity index (χ4n) is 3.30. The largest absolute Gasteiger partial charge is 0.395 e. The van der Waals surface area contributed by atoms with Crippen LogP contribution >= 0.6 is 0 Å². The first-order chi connectivity index (χ1) is 11.2. The monoisotopic (exact) mass is 355 g/mol. The highest BCUT2D eigenvalue weighted by Crippen LogP contribution is 2.37. The van der Waals surface area contributed by atoms with Crippen LogP contribution in [0.3, 0.4) is 0 Å². The molecule has 0 radical (unpaired) electrons. The van der Waals surface area contributed by atoms with Crippen LogP contribution < -0.4 is 5.32 Å². The summed E-state index contributed by atoms with van der Waals surface area (Å²) in [6, 6.07) is -2.47. The van der Waals surface area contributed by atoms with E-state index in [1.807, 2.05) is 0 Å². The lowest BCUT2D eigenvalue weighted by Gasteiger charge is -2.54. The number of piperidine rings is 1. The van der Waals surface area contributed by atoms with Crippen LogP contribution in [0.4, 0.5) is 0 Å². The van der Waals surface area contributed by atoms with Gasteiger partial charge < -0.3 is 50.3 Å². The van der Waals surface area contributed by atoms with Crippen molar-refractivity contribution in [2.45, 2.75) is 60.6 Å². The quantitative estimate of drug-likeness (QED) is 0.233. The first-order valence-electron chi connectivity index (χ1n) is 7.54. The molecule has 10 atom stereocenters. The SMILES string of the molecule is CO[C@]1(C2N[C@H](CO)[C@@H](O)[C@H](O)[C@H]2O)O[C@H](CO)[C@@H](O)[C@H](O)[C@H]1O. The number of ether oxygens (including phenoxy) is 2. The summed E-state index contributed by atoms with van der Waals surface area (Å²) in [5.41, 5.74) is 0. The molecule has 2 aliphatic rings. The van der Waals surface area contributed by atoms with Gasteiger partial charge in [-0.2, -0.15) is 0 Å². The first-order valence-corrected chi connectivity index (χ1v) is 7.54. The molecule has 2 fully saturated rings. The molecular weight excluding hydrogens is 330 g/mol. The Morgan fingerprint density at radius 2 is 1.50 bits per heavy atom. The van der Waals surface area contributed by atoms with Crippen molar-refractivity contribution in [3.63, 3.8) is 0 Å². The van der Waals surface area contributed by atoms with E-state index in [0.29, 0.717) is 0 Å². The summed E-state index contributed by atoms with van der Waals surface area (Å²) in [6.45, 7) is -1.32. The molecule has 0 bridgehead atoms. The molecule has 2 saturated heterocycles. The normalized spacial score (nSPS) is 53.1. The second kappa shape index (κ2) is 7.43. The Balaban J connectivity index is 2.40. The molecule has 9 N–H and O–H groups in total. The molecule has 2 aliphatic heterocycles. The zero-order chi connectivity index (χ0) is 18.2. The van der Waals surface area contributed by atoms with E-state index in [1.165, 1.54) is 0 Å². The molecule has 142 valence electrons. The van der Waals surface area contributed by atoms with Gasteiger partial charge in [-0.05, 0) is 0 Å². The highest BCUT2D eigenvalue weighted by atomic mass is 16.7. The molecule has 0 spiro atoms. The lowest BCUT2D eigenvalue weighted by Crippen LogP contribution is -2.79. The summed E-state index contributed by atoms with van der Waals surface area (Å²) in [4.78, 5) is 0. The van der Waals surface area contributed by atoms with E-state index in [9.17, 15) is 40.9 Å². The fourth-order valence-corrected chi connectivity index (χ4v) is 3.30. The summed E-state index contributed by atoms with van der Waals surface area (Å²) in [5.74, 6) is -2.17. The average molecular weight is 355 g/mol. The van der Waals surface area contributed by atoms with Gasteiger partial charge in [0, 0.05) is 7.11 Å². The molecule has 2 rings (SSSR count). The van der Waals surface area contributed by atoms with Gasteiger partial charge in [-0.1, -0.05) is 0 Å². The number of hydrogen-bond donors (Lipinski definition) is 9. The molecule has 11 nitrogen and oxygen atoms in total. The van der Waals surface area contributed by atoms with Crippen molar-refractivity contribution in [2.75, 3.05) is 20.3 Å². The topological polar surface area (TPSA) is 192 Å². The van der Waals surface area contributed by atoms with E-state index >= 15 is 0 Å². The summed E-state index contributed by atoms with van der Waals surface area (Å²) < 4.78 is 10.6. The third-order valence-electron chi connectivity index (χ3n) is 4.78. The van der Waals surface area contributed by atoms with E-state index in [1.54, 1.807) is 0 Å². The van der Waals surface area contributed by atoms with Crippen LogP contribution in [0.25, 0.3) is 0 Å². The maximum Gasteiger partial charge on any atom is 0.215 e. The zero-order valence-electron chi connectivity index (χ0n) is 13.0. The Labute approximate surface area is 137 Å². The minimum Gasteiger partial charge on any atom is -0.395 e. The van der Waals surface area contributed by atoms with Gasteiger partial charge in [0.1, 0.15) is 36.6 Å². The highest BCUT2D eigenvalue weighted by molar-refractivity contribution is 5.10. The van der Waals surface area contributed by atoms with E-state index in [-0.39, 0.29) is 0 Å². The second-order valence-electron chi connectivity index (χ2n) is 6.10. The van der Waals surface area contributed by atoms with Crippen molar-refractivity contribution in [3.05, 3.63) is 0 Å². The van der Waals surface area contributed by atoms with Crippen LogP contribution in [-0.2, 0) is 9.47 Å². The van der Waals surface area contributed by atoms with Crippen molar-refractivity contribution in [1.29, 1.82) is 0 Å². The van der Waals surface area contributed by atoms with E-state index in [2.05, 4.69) is 5.32 Å². The Hall–Kier alpha value is -0.440. The number of methoxy groups -OCH3 is 1. The molecule has 0 aliphatic carbocycles. The predicted octanol–water partition coefficient (Wildman–Crippen LogP) is -5.78. The standard InChI is InChI=1S/C13H25NO10/c1-23-13(12(22)10(21)7(18)5(3-16)24-13)11-9(20)8(19)6(17)4(2-15)14-11/h4-12,14-22H,2-3H2,1H3/t4-,5-,6-,7-,8+,9-,10+,11?,12-,13-/m1/s1. The molecule has 2 heterocycles. The van der Waals surface area contributed by atoms with Crippen molar-refractivity contribution in [1.82, 2.24) is 5.32 Å². The highest BCUT2D eigenvalue weighted by Gasteiger charge is 2.62. The Kier molecular flexibility index (Phi) is 6.16. The molecule has 0 saturated carbocycles. The summed E-state index contributed by atoms with van der Waals surface area (Å²) in [5, 5.41) is 81.5. The van der Waals surface area contributed by atoms with Crippen LogP contribution in [0.15, 0.2) is 0 Å². The molecular formula is C13H25NO10. The number of aliphatic hydroxyl groups excluding tert-OH is 8. The third-order valence-corrected chi connectivity index (χ3v) is 4.78. The Bertz CT molecular complexity index is 424. The van der Waals surface area contributed by atoms with Gasteiger partial charge in [-0.25, -0.2) is 0 Å². The summed E-state index contributed by atoms with van der Waals surface area (Å²) in [7, 11) is 1.10. The van der Waals surface area contributed by atoms with Gasteiger partial charge in [0.05, 0.1) is 31.4 Å². The molecule has 24 heavy (non-hydrogen) atoms. The van der Waals surface area contributed by atoms with Gasteiger partial charge in [0.2, 0.25) is 5.79 Å². The van der Waals surface area contributed by atoms with Crippen molar-refractivity contribution in [3.8, 4) is 0 Å². The number of nitrogens with one attached hydrogen (secondary N) is 1. The van der Waals surface area contributed by atoms with Gasteiger partial charge in [0.25, 0.3) is 0 Å². The summed E-state index contributed by atoms with van der Waals surface area (Å²) in [6.07, 6.45) is -11.5. The van der Waals surface area contributed by atoms with Crippen LogP contribution in [0.2, 0.25) is 0 Å². The number of aliphatic hydroxyl groups is 8. The minimum absolute atomic E-state index is 0.605. The van der Waals surface area contributed by atoms with E-state index in [0.717, 1.165) is 7.11 Å². The first kappa shape index (κ1) is 19.9. The average Bonchev–Trinajstić information content (AvgIpc) is 2.59. The van der Waals surface area contributed by atoms with Crippen LogP contribution in [0, 0.1) is 0 Å². The third kappa shape index (κ3) is 2.95. The Morgan fingerprint density at radius 1 is 0.875 bits per heavy atom. The van der Waals surface area contributed by atoms with Gasteiger partial charge in [0.15, 0.2) is 0 Å². The van der Waals surface area contributed by atoms with Crippen LogP contribution in [0.5, 0.6) is 0 Å². The minimum atomic E-state index is -2.17. The molecule has 1 unspecified atom stereocenters. The molecule has 0 amide bonds. The molecule has 0 aromatic heterocycles. The van der Waals surface area contributed by atoms with Gasteiger partial charge >= 0.3 is 0 Å². The van der Waals surface area contributed by atoms with Gasteiger partial charge in [-0.3, -0.25) is 5.32 Å².